The van der Waals surface area contributed by atoms with E-state index in [2.05, 4.69) is 0 Å². The van der Waals surface area contributed by atoms with E-state index < -0.39 is 27.7 Å². The van der Waals surface area contributed by atoms with Crippen molar-refractivity contribution in [3.05, 3.63) is 29.3 Å². The zero-order valence-electron chi connectivity index (χ0n) is 10.6. The van der Waals surface area contributed by atoms with Crippen molar-refractivity contribution in [1.82, 2.24) is 4.90 Å². The summed E-state index contributed by atoms with van der Waals surface area (Å²) in [6.45, 7) is 1.53. The number of rotatable bonds is 3. The molecule has 1 unspecified atom stereocenters. The van der Waals surface area contributed by atoms with Crippen molar-refractivity contribution in [2.45, 2.75) is 13.0 Å². The maximum Gasteiger partial charge on any atom is 0.263 e. The van der Waals surface area contributed by atoms with Crippen LogP contribution in [0.2, 0.25) is 0 Å². The Labute approximate surface area is 111 Å². The number of benzene rings is 1. The predicted molar refractivity (Wildman–Crippen MR) is 70.5 cm³/mol. The first-order valence-corrected chi connectivity index (χ1v) is 7.72. The number of fused-ring (bicyclic) bond motifs is 1. The lowest BCUT2D eigenvalue weighted by atomic mass is 10.1. The quantitative estimate of drug-likeness (QED) is 0.635. The SMILES string of the molecule is CC(CS(C)(=O)=O)N1C(=O)c2cccc(N)c2C1=O. The Kier molecular flexibility index (Phi) is 3.09. The summed E-state index contributed by atoms with van der Waals surface area (Å²) < 4.78 is 22.6. The van der Waals surface area contributed by atoms with Gasteiger partial charge in [0.15, 0.2) is 0 Å². The summed E-state index contributed by atoms with van der Waals surface area (Å²) in [6.07, 6.45) is 1.07. The molecule has 1 atom stereocenters. The lowest BCUT2D eigenvalue weighted by Gasteiger charge is -2.21. The number of imide groups is 1. The van der Waals surface area contributed by atoms with Crippen molar-refractivity contribution in [1.29, 1.82) is 0 Å². The molecule has 2 rings (SSSR count). The van der Waals surface area contributed by atoms with E-state index >= 15 is 0 Å². The minimum Gasteiger partial charge on any atom is -0.398 e. The summed E-state index contributed by atoms with van der Waals surface area (Å²) in [4.78, 5) is 25.3. The second-order valence-electron chi connectivity index (χ2n) is 4.69. The summed E-state index contributed by atoms with van der Waals surface area (Å²) in [5.41, 5.74) is 6.31. The highest BCUT2D eigenvalue weighted by molar-refractivity contribution is 7.90. The smallest absolute Gasteiger partial charge is 0.263 e. The van der Waals surface area contributed by atoms with Crippen molar-refractivity contribution in [3.8, 4) is 0 Å². The molecular formula is C12H14N2O4S. The molecule has 7 heteroatoms. The van der Waals surface area contributed by atoms with E-state index in [0.29, 0.717) is 0 Å². The number of carbonyl (C=O) groups is 2. The molecule has 1 aliphatic rings. The van der Waals surface area contributed by atoms with Crippen molar-refractivity contribution < 1.29 is 18.0 Å². The largest absolute Gasteiger partial charge is 0.398 e. The Morgan fingerprint density at radius 3 is 2.42 bits per heavy atom. The third-order valence-corrected chi connectivity index (χ3v) is 4.05. The molecule has 2 N–H and O–H groups in total. The molecular weight excluding hydrogens is 268 g/mol. The van der Waals surface area contributed by atoms with Gasteiger partial charge in [-0.05, 0) is 19.1 Å². The van der Waals surface area contributed by atoms with E-state index in [1.165, 1.54) is 19.1 Å². The van der Waals surface area contributed by atoms with Gasteiger partial charge in [0.1, 0.15) is 9.84 Å². The number of carbonyl (C=O) groups excluding carboxylic acids is 2. The second kappa shape index (κ2) is 4.34. The standard InChI is InChI=1S/C12H14N2O4S/c1-7(6-19(2,17)18)14-11(15)8-4-3-5-9(13)10(8)12(14)16/h3-5,7H,6,13H2,1-2H3. The van der Waals surface area contributed by atoms with E-state index in [4.69, 9.17) is 5.73 Å². The molecule has 0 saturated heterocycles. The third-order valence-electron chi connectivity index (χ3n) is 2.96. The number of nitrogen functional groups attached to an aromatic ring is 1. The van der Waals surface area contributed by atoms with Crippen molar-refractivity contribution in [2.75, 3.05) is 17.7 Å². The molecule has 0 bridgehead atoms. The predicted octanol–water partition coefficient (Wildman–Crippen LogP) is 0.298. The van der Waals surface area contributed by atoms with Crippen LogP contribution in [0.3, 0.4) is 0 Å². The average Bonchev–Trinajstić information content (AvgIpc) is 2.50. The first-order valence-electron chi connectivity index (χ1n) is 5.66. The van der Waals surface area contributed by atoms with E-state index in [9.17, 15) is 18.0 Å². The lowest BCUT2D eigenvalue weighted by Crippen LogP contribution is -2.41. The number of anilines is 1. The van der Waals surface area contributed by atoms with Crippen LogP contribution >= 0.6 is 0 Å². The highest BCUT2D eigenvalue weighted by Gasteiger charge is 2.40. The van der Waals surface area contributed by atoms with E-state index in [1.807, 2.05) is 0 Å². The molecule has 19 heavy (non-hydrogen) atoms. The van der Waals surface area contributed by atoms with E-state index in [0.717, 1.165) is 11.2 Å². The minimum atomic E-state index is -3.28. The van der Waals surface area contributed by atoms with Crippen LogP contribution in [0.1, 0.15) is 27.6 Å². The summed E-state index contributed by atoms with van der Waals surface area (Å²) in [5, 5.41) is 0. The van der Waals surface area contributed by atoms with Gasteiger partial charge in [0.05, 0.1) is 22.9 Å². The average molecular weight is 282 g/mol. The van der Waals surface area contributed by atoms with Crippen LogP contribution in [0, 0.1) is 0 Å². The Morgan fingerprint density at radius 1 is 1.26 bits per heavy atom. The maximum atomic E-state index is 12.2. The number of nitrogens with zero attached hydrogens (tertiary/aromatic N) is 1. The van der Waals surface area contributed by atoms with Gasteiger partial charge >= 0.3 is 0 Å². The minimum absolute atomic E-state index is 0.160. The second-order valence-corrected chi connectivity index (χ2v) is 6.88. The highest BCUT2D eigenvalue weighted by atomic mass is 32.2. The van der Waals surface area contributed by atoms with Crippen molar-refractivity contribution >= 4 is 27.3 Å². The third kappa shape index (κ3) is 2.33. The zero-order valence-corrected chi connectivity index (χ0v) is 11.4. The molecule has 1 aromatic carbocycles. The Bertz CT molecular complexity index is 666. The molecule has 1 heterocycles. The Balaban J connectivity index is 2.41. The van der Waals surface area contributed by atoms with Gasteiger partial charge in [-0.15, -0.1) is 0 Å². The molecule has 1 aromatic rings. The summed E-state index contributed by atoms with van der Waals surface area (Å²) in [6, 6.07) is 3.92. The molecule has 0 saturated carbocycles. The Hall–Kier alpha value is -1.89. The summed E-state index contributed by atoms with van der Waals surface area (Å²) >= 11 is 0. The molecule has 0 fully saturated rings. The molecule has 0 spiro atoms. The molecule has 0 aliphatic carbocycles. The maximum absolute atomic E-state index is 12.2. The van der Waals surface area contributed by atoms with E-state index in [1.54, 1.807) is 6.07 Å². The lowest BCUT2D eigenvalue weighted by molar-refractivity contribution is 0.0611. The van der Waals surface area contributed by atoms with Crippen molar-refractivity contribution in [3.63, 3.8) is 0 Å². The normalized spacial score (nSPS) is 16.6. The zero-order chi connectivity index (χ0) is 14.4. The highest BCUT2D eigenvalue weighted by Crippen LogP contribution is 2.29. The van der Waals surface area contributed by atoms with Crippen LogP contribution in [-0.2, 0) is 9.84 Å². The van der Waals surface area contributed by atoms with Crippen LogP contribution < -0.4 is 5.73 Å². The summed E-state index contributed by atoms with van der Waals surface area (Å²) in [5.74, 6) is -1.30. The number of sulfone groups is 1. The van der Waals surface area contributed by atoms with Gasteiger partial charge in [0.25, 0.3) is 11.8 Å². The van der Waals surface area contributed by atoms with Crippen LogP contribution in [0.4, 0.5) is 5.69 Å². The molecule has 2 amide bonds. The fraction of sp³-hybridized carbons (Fsp3) is 0.333. The van der Waals surface area contributed by atoms with Crippen LogP contribution in [0.5, 0.6) is 0 Å². The molecule has 102 valence electrons. The molecule has 0 radical (unpaired) electrons. The van der Waals surface area contributed by atoms with Crippen LogP contribution in [0.15, 0.2) is 18.2 Å². The number of nitrogens with two attached hydrogens (primary N) is 1. The molecule has 1 aliphatic heterocycles. The van der Waals surface area contributed by atoms with Crippen LogP contribution in [0.25, 0.3) is 0 Å². The van der Waals surface area contributed by atoms with Gasteiger partial charge in [-0.2, -0.15) is 0 Å². The van der Waals surface area contributed by atoms with Gasteiger partial charge in [-0.3, -0.25) is 14.5 Å². The number of hydrogen-bond donors (Lipinski definition) is 1. The van der Waals surface area contributed by atoms with Gasteiger partial charge in [-0.1, -0.05) is 6.07 Å². The Morgan fingerprint density at radius 2 is 1.89 bits per heavy atom. The summed E-state index contributed by atoms with van der Waals surface area (Å²) in [7, 11) is -3.28. The first kappa shape index (κ1) is 13.5. The molecule has 0 aromatic heterocycles. The van der Waals surface area contributed by atoms with Gasteiger partial charge < -0.3 is 5.73 Å². The first-order chi connectivity index (χ1) is 8.72. The fourth-order valence-corrected chi connectivity index (χ4v) is 3.27. The fourth-order valence-electron chi connectivity index (χ4n) is 2.24. The molecule has 6 nitrogen and oxygen atoms in total. The number of hydrogen-bond acceptors (Lipinski definition) is 5. The van der Waals surface area contributed by atoms with Gasteiger partial charge in [0, 0.05) is 11.9 Å². The number of amides is 2. The topological polar surface area (TPSA) is 97.5 Å². The van der Waals surface area contributed by atoms with Crippen LogP contribution in [-0.4, -0.2) is 43.2 Å². The van der Waals surface area contributed by atoms with Gasteiger partial charge in [-0.25, -0.2) is 8.42 Å². The van der Waals surface area contributed by atoms with Gasteiger partial charge in [0.2, 0.25) is 0 Å². The van der Waals surface area contributed by atoms with Crippen molar-refractivity contribution in [2.24, 2.45) is 0 Å². The monoisotopic (exact) mass is 282 g/mol. The van der Waals surface area contributed by atoms with E-state index in [-0.39, 0.29) is 22.6 Å².